The van der Waals surface area contributed by atoms with E-state index in [0.717, 1.165) is 37.5 Å². The number of carbonyl (C=O) groups excluding carboxylic acids is 1. The Kier molecular flexibility index (Phi) is 6.92. The largest absolute Gasteiger partial charge is 0.476 e. The topological polar surface area (TPSA) is 75.7 Å². The maximum absolute atomic E-state index is 12.6. The molecule has 1 heterocycles. The van der Waals surface area contributed by atoms with Crippen molar-refractivity contribution in [1.29, 1.82) is 0 Å². The molecule has 6 nitrogen and oxygen atoms in total. The van der Waals surface area contributed by atoms with Crippen LogP contribution in [0.1, 0.15) is 45.1 Å². The number of unbranched alkanes of at least 4 members (excludes halogenated alkanes) is 1. The van der Waals surface area contributed by atoms with Crippen LogP contribution in [0.4, 0.5) is 5.69 Å². The molecule has 1 aromatic carbocycles. The van der Waals surface area contributed by atoms with Gasteiger partial charge in [-0.3, -0.25) is 9.10 Å². The average Bonchev–Trinajstić information content (AvgIpc) is 2.59. The third-order valence-electron chi connectivity index (χ3n) is 4.79. The second-order valence-corrected chi connectivity index (χ2v) is 8.94. The first-order valence-corrected chi connectivity index (χ1v) is 11.1. The van der Waals surface area contributed by atoms with Gasteiger partial charge in [0.05, 0.1) is 18.5 Å². The van der Waals surface area contributed by atoms with Crippen LogP contribution < -0.4 is 14.4 Å². The molecule has 1 aromatic rings. The molecule has 0 aliphatic carbocycles. The van der Waals surface area contributed by atoms with Crippen LogP contribution >= 0.6 is 0 Å². The highest BCUT2D eigenvalue weighted by molar-refractivity contribution is 7.92. The zero-order valence-electron chi connectivity index (χ0n) is 16.1. The Balaban J connectivity index is 2.11. The van der Waals surface area contributed by atoms with Crippen molar-refractivity contribution in [3.8, 4) is 5.75 Å². The molecular weight excluding hydrogens is 352 g/mol. The molecule has 1 aliphatic heterocycles. The summed E-state index contributed by atoms with van der Waals surface area (Å²) in [5.41, 5.74) is 1.43. The van der Waals surface area contributed by atoms with Gasteiger partial charge in [-0.15, -0.1) is 0 Å². The smallest absolute Gasteiger partial charge is 0.263 e. The number of benzene rings is 1. The third kappa shape index (κ3) is 5.13. The summed E-state index contributed by atoms with van der Waals surface area (Å²) in [5, 5.41) is 2.94. The minimum atomic E-state index is -3.49. The molecule has 7 heteroatoms. The average molecular weight is 383 g/mol. The van der Waals surface area contributed by atoms with E-state index in [2.05, 4.69) is 19.2 Å². The van der Waals surface area contributed by atoms with Gasteiger partial charge < -0.3 is 10.1 Å². The lowest BCUT2D eigenvalue weighted by atomic mass is 9.99. The monoisotopic (exact) mass is 382 g/mol. The first-order valence-electron chi connectivity index (χ1n) is 9.29. The number of hydrogen-bond acceptors (Lipinski definition) is 4. The summed E-state index contributed by atoms with van der Waals surface area (Å²) < 4.78 is 31.4. The summed E-state index contributed by atoms with van der Waals surface area (Å²) in [7, 11) is -3.49. The fourth-order valence-electron chi connectivity index (χ4n) is 3.11. The zero-order valence-corrected chi connectivity index (χ0v) is 16.9. The van der Waals surface area contributed by atoms with E-state index in [-0.39, 0.29) is 12.5 Å². The summed E-state index contributed by atoms with van der Waals surface area (Å²) in [6, 6.07) is 5.32. The van der Waals surface area contributed by atoms with E-state index in [4.69, 9.17) is 4.74 Å². The van der Waals surface area contributed by atoms with E-state index in [1.165, 1.54) is 4.31 Å². The number of fused-ring (bicyclic) bond motifs is 1. The Morgan fingerprint density at radius 2 is 2.12 bits per heavy atom. The highest BCUT2D eigenvalue weighted by Gasteiger charge is 2.35. The number of amides is 1. The van der Waals surface area contributed by atoms with Crippen LogP contribution in [0, 0.1) is 12.8 Å². The Morgan fingerprint density at radius 3 is 2.73 bits per heavy atom. The molecule has 0 saturated heterocycles. The number of hydrogen-bond donors (Lipinski definition) is 1. The molecule has 26 heavy (non-hydrogen) atoms. The number of aryl methyl sites for hydroxylation is 1. The Morgan fingerprint density at radius 1 is 1.38 bits per heavy atom. The first kappa shape index (κ1) is 20.6. The fourth-order valence-corrected chi connectivity index (χ4v) is 4.03. The maximum Gasteiger partial charge on any atom is 0.263 e. The number of anilines is 1. The SMILES string of the molecule is CCCC[C@H](CC)CNC(=O)[C@H]1CN(S(C)(=O)=O)c2ccc(C)cc2O1. The standard InChI is InChI=1S/C19H30N2O4S/c1-5-7-8-15(6-2)12-20-19(22)18-13-21(26(4,23)24)16-10-9-14(3)11-17(16)25-18/h9-11,15,18H,5-8,12-13H2,1-4H3,(H,20,22)/t15-,18+/m0/s1. The molecule has 1 N–H and O–H groups in total. The van der Waals surface area contributed by atoms with E-state index in [1.54, 1.807) is 12.1 Å². The molecule has 1 amide bonds. The number of rotatable bonds is 8. The molecule has 0 unspecified atom stereocenters. The predicted molar refractivity (Wildman–Crippen MR) is 104 cm³/mol. The first-order chi connectivity index (χ1) is 12.3. The van der Waals surface area contributed by atoms with Gasteiger partial charge in [-0.1, -0.05) is 39.2 Å². The van der Waals surface area contributed by atoms with Crippen molar-refractivity contribution in [1.82, 2.24) is 5.32 Å². The van der Waals surface area contributed by atoms with Gasteiger partial charge in [0, 0.05) is 6.54 Å². The molecule has 0 spiro atoms. The van der Waals surface area contributed by atoms with Gasteiger partial charge in [0.15, 0.2) is 6.10 Å². The number of carbonyl (C=O) groups is 1. The predicted octanol–water partition coefficient (Wildman–Crippen LogP) is 2.85. The van der Waals surface area contributed by atoms with Crippen LogP contribution in [0.15, 0.2) is 18.2 Å². The molecule has 0 saturated carbocycles. The van der Waals surface area contributed by atoms with Gasteiger partial charge >= 0.3 is 0 Å². The van der Waals surface area contributed by atoms with Gasteiger partial charge in [0.2, 0.25) is 10.0 Å². The van der Waals surface area contributed by atoms with Crippen LogP contribution in [-0.4, -0.2) is 39.8 Å². The van der Waals surface area contributed by atoms with Crippen LogP contribution in [-0.2, 0) is 14.8 Å². The van der Waals surface area contributed by atoms with Crippen LogP contribution in [0.5, 0.6) is 5.75 Å². The molecular formula is C19H30N2O4S. The van der Waals surface area contributed by atoms with Crippen molar-refractivity contribution in [3.63, 3.8) is 0 Å². The molecule has 146 valence electrons. The maximum atomic E-state index is 12.6. The van der Waals surface area contributed by atoms with Gasteiger partial charge in [-0.2, -0.15) is 0 Å². The molecule has 0 fully saturated rings. The number of nitrogens with one attached hydrogen (secondary N) is 1. The Bertz CT molecular complexity index is 733. The van der Waals surface area contributed by atoms with Gasteiger partial charge in [-0.25, -0.2) is 8.42 Å². The van der Waals surface area contributed by atoms with Gasteiger partial charge in [0.25, 0.3) is 5.91 Å². The van der Waals surface area contributed by atoms with Crippen molar-refractivity contribution < 1.29 is 17.9 Å². The van der Waals surface area contributed by atoms with E-state index in [9.17, 15) is 13.2 Å². The lowest BCUT2D eigenvalue weighted by Gasteiger charge is -2.34. The minimum absolute atomic E-state index is 0.00746. The second-order valence-electron chi connectivity index (χ2n) is 7.03. The number of nitrogens with zero attached hydrogens (tertiary/aromatic N) is 1. The summed E-state index contributed by atoms with van der Waals surface area (Å²) in [4.78, 5) is 12.6. The van der Waals surface area contributed by atoms with E-state index in [1.807, 2.05) is 13.0 Å². The number of ether oxygens (including phenoxy) is 1. The normalized spacial score (nSPS) is 18.0. The second kappa shape index (κ2) is 8.75. The highest BCUT2D eigenvalue weighted by atomic mass is 32.2. The Labute approximate surface area is 157 Å². The Hall–Kier alpha value is -1.76. The van der Waals surface area contributed by atoms with Crippen LogP contribution in [0.2, 0.25) is 0 Å². The third-order valence-corrected chi connectivity index (χ3v) is 5.93. The van der Waals surface area contributed by atoms with Crippen molar-refractivity contribution in [2.75, 3.05) is 23.7 Å². The van der Waals surface area contributed by atoms with Crippen molar-refractivity contribution in [2.45, 2.75) is 52.6 Å². The summed E-state index contributed by atoms with van der Waals surface area (Å²) in [6.07, 6.45) is 4.66. The summed E-state index contributed by atoms with van der Waals surface area (Å²) >= 11 is 0. The molecule has 1 aliphatic rings. The van der Waals surface area contributed by atoms with E-state index < -0.39 is 16.1 Å². The fraction of sp³-hybridized carbons (Fsp3) is 0.632. The van der Waals surface area contributed by atoms with Crippen molar-refractivity contribution >= 4 is 21.6 Å². The lowest BCUT2D eigenvalue weighted by Crippen LogP contribution is -2.51. The minimum Gasteiger partial charge on any atom is -0.476 e. The summed E-state index contributed by atoms with van der Waals surface area (Å²) in [5.74, 6) is 0.601. The highest BCUT2D eigenvalue weighted by Crippen LogP contribution is 2.35. The van der Waals surface area contributed by atoms with E-state index in [0.29, 0.717) is 23.9 Å². The molecule has 2 atom stereocenters. The molecule has 0 radical (unpaired) electrons. The van der Waals surface area contributed by atoms with E-state index >= 15 is 0 Å². The zero-order chi connectivity index (χ0) is 19.3. The lowest BCUT2D eigenvalue weighted by molar-refractivity contribution is -0.127. The van der Waals surface area contributed by atoms with Gasteiger partial charge in [-0.05, 0) is 37.0 Å². The van der Waals surface area contributed by atoms with Crippen molar-refractivity contribution in [2.24, 2.45) is 5.92 Å². The van der Waals surface area contributed by atoms with Crippen LogP contribution in [0.3, 0.4) is 0 Å². The quantitative estimate of drug-likeness (QED) is 0.750. The van der Waals surface area contributed by atoms with Crippen LogP contribution in [0.25, 0.3) is 0 Å². The molecule has 0 aromatic heterocycles. The molecule has 0 bridgehead atoms. The molecule has 2 rings (SSSR count). The number of sulfonamides is 1. The van der Waals surface area contributed by atoms with Gasteiger partial charge in [0.1, 0.15) is 5.75 Å². The summed E-state index contributed by atoms with van der Waals surface area (Å²) in [6.45, 7) is 6.76. The van der Waals surface area contributed by atoms with Crippen molar-refractivity contribution in [3.05, 3.63) is 23.8 Å².